The molecule has 6 nitrogen and oxygen atoms in total. The molecule has 1 saturated heterocycles. The van der Waals surface area contributed by atoms with Gasteiger partial charge in [-0.25, -0.2) is 8.78 Å². The minimum atomic E-state index is -0.881. The molecule has 5 rings (SSSR count). The number of piperidine rings is 1. The second kappa shape index (κ2) is 9.67. The molecular weight excluding hydrogens is 486 g/mol. The zero-order valence-corrected chi connectivity index (χ0v) is 20.8. The summed E-state index contributed by atoms with van der Waals surface area (Å²) in [7, 11) is 1.83. The van der Waals surface area contributed by atoms with Crippen molar-refractivity contribution in [2.45, 2.75) is 37.1 Å². The average Bonchev–Trinajstić information content (AvgIpc) is 3.52. The van der Waals surface area contributed by atoms with Crippen LogP contribution in [0.5, 0.6) is 0 Å². The number of aromatic nitrogens is 2. The van der Waals surface area contributed by atoms with Crippen molar-refractivity contribution in [1.29, 1.82) is 0 Å². The molecule has 2 aliphatic rings. The van der Waals surface area contributed by atoms with Gasteiger partial charge in [0.15, 0.2) is 11.6 Å². The molecule has 3 atom stereocenters. The number of aryl methyl sites for hydroxylation is 1. The predicted octanol–water partition coefficient (Wildman–Crippen LogP) is 4.88. The van der Waals surface area contributed by atoms with Crippen LogP contribution >= 0.6 is 11.6 Å². The quantitative estimate of drug-likeness (QED) is 0.511. The van der Waals surface area contributed by atoms with Gasteiger partial charge in [-0.05, 0) is 48.7 Å². The van der Waals surface area contributed by atoms with Gasteiger partial charge < -0.3 is 15.1 Å². The van der Waals surface area contributed by atoms with Crippen LogP contribution in [0.4, 0.5) is 8.78 Å². The van der Waals surface area contributed by atoms with Gasteiger partial charge in [0, 0.05) is 42.1 Å². The van der Waals surface area contributed by atoms with Gasteiger partial charge in [-0.3, -0.25) is 9.48 Å². The minimum Gasteiger partial charge on any atom is -0.472 e. The highest BCUT2D eigenvalue weighted by molar-refractivity contribution is 6.32. The number of carbonyl (C=O) groups excluding carboxylic acids is 1. The highest BCUT2D eigenvalue weighted by Crippen LogP contribution is 2.47. The predicted molar refractivity (Wildman–Crippen MR) is 133 cm³/mol. The second-order valence-electron chi connectivity index (χ2n) is 9.61. The number of nitrogens with one attached hydrogen (secondary N) is 2. The van der Waals surface area contributed by atoms with Gasteiger partial charge >= 0.3 is 0 Å². The van der Waals surface area contributed by atoms with Crippen LogP contribution in [-0.2, 0) is 17.3 Å². The number of rotatable bonds is 5. The van der Waals surface area contributed by atoms with E-state index in [2.05, 4.69) is 22.7 Å². The number of amides is 1. The lowest BCUT2D eigenvalue weighted by Gasteiger charge is -2.37. The molecule has 1 aliphatic heterocycles. The summed E-state index contributed by atoms with van der Waals surface area (Å²) in [6.45, 7) is 3.32. The van der Waals surface area contributed by atoms with Crippen molar-refractivity contribution in [3.8, 4) is 0 Å². The fraction of sp³-hybridized carbons (Fsp3) is 0.333. The van der Waals surface area contributed by atoms with Gasteiger partial charge in [-0.15, -0.1) is 0 Å². The van der Waals surface area contributed by atoms with Crippen LogP contribution < -0.4 is 10.6 Å². The summed E-state index contributed by atoms with van der Waals surface area (Å²) in [6, 6.07) is 5.59. The number of allylic oxidation sites excluding steroid dienone is 3. The van der Waals surface area contributed by atoms with E-state index in [1.807, 2.05) is 25.3 Å². The van der Waals surface area contributed by atoms with Crippen molar-refractivity contribution in [3.05, 3.63) is 94.2 Å². The number of hydrogen-bond acceptors (Lipinski definition) is 4. The van der Waals surface area contributed by atoms with Gasteiger partial charge in [-0.2, -0.15) is 5.10 Å². The Labute approximate surface area is 213 Å². The lowest BCUT2D eigenvalue weighted by molar-refractivity contribution is -0.118. The molecule has 3 aromatic rings. The molecular formula is C27H27ClF2N4O2. The fourth-order valence-corrected chi connectivity index (χ4v) is 5.63. The zero-order chi connectivity index (χ0) is 25.4. The van der Waals surface area contributed by atoms with Crippen LogP contribution in [0.3, 0.4) is 0 Å². The van der Waals surface area contributed by atoms with Gasteiger partial charge in [0.05, 0.1) is 29.4 Å². The van der Waals surface area contributed by atoms with Crippen LogP contribution in [0.1, 0.15) is 42.5 Å². The Morgan fingerprint density at radius 1 is 1.28 bits per heavy atom. The number of nitrogens with zero attached hydrogens (tertiary/aromatic N) is 2. The standard InChI is InChI=1S/C27H27ClF2N4O2/c1-27(18-8-10-36-15-18)12-17(3-5-20(27)25-21(28)13-32-34(25)2)26(35)33-24-14-31-9-7-19(24)16-4-6-22(29)23(30)11-16/h3-6,8,10-11,13,15,19,24,31H,7,9,12,14H2,1-2H3,(H,33,35)/t19-,24+,27?/m0/s1. The molecule has 0 radical (unpaired) electrons. The van der Waals surface area contributed by atoms with E-state index < -0.39 is 17.0 Å². The monoisotopic (exact) mass is 512 g/mol. The van der Waals surface area contributed by atoms with Gasteiger partial charge in [0.25, 0.3) is 0 Å². The van der Waals surface area contributed by atoms with E-state index >= 15 is 0 Å². The van der Waals surface area contributed by atoms with Crippen molar-refractivity contribution in [2.75, 3.05) is 13.1 Å². The first kappa shape index (κ1) is 24.5. The molecule has 0 saturated carbocycles. The molecule has 1 aromatic carbocycles. The Bertz CT molecular complexity index is 1330. The first-order valence-corrected chi connectivity index (χ1v) is 12.2. The van der Waals surface area contributed by atoms with Gasteiger partial charge in [0.2, 0.25) is 5.91 Å². The van der Waals surface area contributed by atoms with Crippen molar-refractivity contribution >= 4 is 23.1 Å². The highest BCUT2D eigenvalue weighted by atomic mass is 35.5. The molecule has 36 heavy (non-hydrogen) atoms. The topological polar surface area (TPSA) is 72.1 Å². The van der Waals surface area contributed by atoms with Crippen molar-refractivity contribution < 1.29 is 18.0 Å². The van der Waals surface area contributed by atoms with Crippen LogP contribution in [0.25, 0.3) is 5.57 Å². The Kier molecular flexibility index (Phi) is 6.57. The third-order valence-corrected chi connectivity index (χ3v) is 7.64. The first-order chi connectivity index (χ1) is 17.3. The van der Waals surface area contributed by atoms with E-state index in [4.69, 9.17) is 16.0 Å². The van der Waals surface area contributed by atoms with Crippen molar-refractivity contribution in [3.63, 3.8) is 0 Å². The maximum atomic E-state index is 13.9. The molecule has 0 bridgehead atoms. The molecule has 0 spiro atoms. The Morgan fingerprint density at radius 2 is 2.11 bits per heavy atom. The smallest absolute Gasteiger partial charge is 0.247 e. The fourth-order valence-electron chi connectivity index (χ4n) is 5.36. The molecule has 188 valence electrons. The van der Waals surface area contributed by atoms with E-state index in [1.54, 1.807) is 29.5 Å². The molecule has 1 aliphatic carbocycles. The van der Waals surface area contributed by atoms with Crippen molar-refractivity contribution in [2.24, 2.45) is 7.05 Å². The SMILES string of the molecule is Cn1ncc(Cl)c1C1=CC=C(C(=O)N[C@@H]2CNCC[C@H]2c2ccc(F)c(F)c2)CC1(C)c1ccoc1. The Balaban J connectivity index is 1.44. The molecule has 3 heterocycles. The largest absolute Gasteiger partial charge is 0.472 e. The number of halogens is 3. The third-order valence-electron chi connectivity index (χ3n) is 7.36. The number of hydrogen-bond donors (Lipinski definition) is 2. The normalized spacial score (nSPS) is 24.2. The summed E-state index contributed by atoms with van der Waals surface area (Å²) in [5.74, 6) is -2.09. The van der Waals surface area contributed by atoms with Crippen LogP contribution in [-0.4, -0.2) is 34.8 Å². The van der Waals surface area contributed by atoms with Crippen LogP contribution in [0.15, 0.2) is 65.1 Å². The molecule has 1 fully saturated rings. The number of benzene rings is 1. The van der Waals surface area contributed by atoms with E-state index in [0.717, 1.165) is 29.4 Å². The summed E-state index contributed by atoms with van der Waals surface area (Å²) in [5.41, 5.74) is 3.33. The van der Waals surface area contributed by atoms with E-state index in [-0.39, 0.29) is 17.9 Å². The molecule has 2 N–H and O–H groups in total. The van der Waals surface area contributed by atoms with E-state index in [1.165, 1.54) is 6.07 Å². The lowest BCUT2D eigenvalue weighted by Crippen LogP contribution is -2.50. The van der Waals surface area contributed by atoms with Crippen molar-refractivity contribution in [1.82, 2.24) is 20.4 Å². The van der Waals surface area contributed by atoms with E-state index in [0.29, 0.717) is 35.5 Å². The average molecular weight is 513 g/mol. The Hall–Kier alpha value is -3.23. The zero-order valence-electron chi connectivity index (χ0n) is 20.0. The summed E-state index contributed by atoms with van der Waals surface area (Å²) >= 11 is 6.49. The molecule has 1 amide bonds. The summed E-state index contributed by atoms with van der Waals surface area (Å²) in [5, 5.41) is 11.3. The minimum absolute atomic E-state index is 0.130. The second-order valence-corrected chi connectivity index (χ2v) is 10.0. The lowest BCUT2D eigenvalue weighted by atomic mass is 9.68. The van der Waals surface area contributed by atoms with E-state index in [9.17, 15) is 13.6 Å². The summed E-state index contributed by atoms with van der Waals surface area (Å²) in [4.78, 5) is 13.5. The van der Waals surface area contributed by atoms with Crippen LogP contribution in [0, 0.1) is 11.6 Å². The Morgan fingerprint density at radius 3 is 2.81 bits per heavy atom. The maximum absolute atomic E-state index is 13.9. The molecule has 9 heteroatoms. The molecule has 2 aromatic heterocycles. The number of carbonyl (C=O) groups is 1. The summed E-state index contributed by atoms with van der Waals surface area (Å²) in [6.07, 6.45) is 9.75. The third kappa shape index (κ3) is 4.40. The maximum Gasteiger partial charge on any atom is 0.247 e. The highest BCUT2D eigenvalue weighted by Gasteiger charge is 2.40. The summed E-state index contributed by atoms with van der Waals surface area (Å²) < 4.78 is 34.5. The number of furan rings is 1. The van der Waals surface area contributed by atoms with Gasteiger partial charge in [-0.1, -0.05) is 36.7 Å². The van der Waals surface area contributed by atoms with Crippen LogP contribution in [0.2, 0.25) is 5.02 Å². The molecule has 1 unspecified atom stereocenters. The van der Waals surface area contributed by atoms with Gasteiger partial charge in [0.1, 0.15) is 0 Å². The first-order valence-electron chi connectivity index (χ1n) is 11.9.